The topological polar surface area (TPSA) is 37.3 Å². The highest BCUT2D eigenvalue weighted by Gasteiger charge is 2.14. The molecule has 19 heavy (non-hydrogen) atoms. The molecule has 0 bridgehead atoms. The van der Waals surface area contributed by atoms with Gasteiger partial charge in [-0.05, 0) is 30.7 Å². The van der Waals surface area contributed by atoms with Crippen molar-refractivity contribution in [1.82, 2.24) is 0 Å². The molecule has 0 saturated carbocycles. The summed E-state index contributed by atoms with van der Waals surface area (Å²) < 4.78 is 0. The molecule has 98 valence electrons. The third kappa shape index (κ3) is 3.52. The minimum absolute atomic E-state index is 0.181. The van der Waals surface area contributed by atoms with Gasteiger partial charge in [-0.1, -0.05) is 41.9 Å². The third-order valence-corrected chi connectivity index (χ3v) is 4.22. The monoisotopic (exact) mass is 292 g/mol. The molecular weight excluding hydrogens is 280 g/mol. The Labute approximate surface area is 121 Å². The van der Waals surface area contributed by atoms with Crippen LogP contribution in [0.15, 0.2) is 53.4 Å². The van der Waals surface area contributed by atoms with E-state index in [4.69, 9.17) is 11.6 Å². The molecule has 2 nitrogen and oxygen atoms in total. The first kappa shape index (κ1) is 14.0. The Balaban J connectivity index is 2.26. The zero-order valence-electron chi connectivity index (χ0n) is 10.3. The Kier molecular flexibility index (Phi) is 4.51. The zero-order chi connectivity index (χ0) is 13.8. The first-order chi connectivity index (χ1) is 9.08. The quantitative estimate of drug-likeness (QED) is 0.815. The van der Waals surface area contributed by atoms with E-state index in [2.05, 4.69) is 6.92 Å². The highest BCUT2D eigenvalue weighted by molar-refractivity contribution is 7.99. The summed E-state index contributed by atoms with van der Waals surface area (Å²) in [5, 5.41) is 9.82. The largest absolute Gasteiger partial charge is 0.478 e. The fraction of sp³-hybridized carbons (Fsp3) is 0.133. The normalized spacial score (nSPS) is 12.1. The van der Waals surface area contributed by atoms with Crippen molar-refractivity contribution in [3.05, 3.63) is 64.7 Å². The van der Waals surface area contributed by atoms with Crippen molar-refractivity contribution in [2.45, 2.75) is 17.1 Å². The number of benzene rings is 2. The van der Waals surface area contributed by atoms with Crippen LogP contribution in [0.25, 0.3) is 0 Å². The van der Waals surface area contributed by atoms with E-state index in [0.717, 1.165) is 4.90 Å². The zero-order valence-corrected chi connectivity index (χ0v) is 11.9. The van der Waals surface area contributed by atoms with Gasteiger partial charge in [0.15, 0.2) is 0 Å². The molecule has 4 heteroatoms. The lowest BCUT2D eigenvalue weighted by atomic mass is 10.2. The van der Waals surface area contributed by atoms with Crippen molar-refractivity contribution in [2.75, 3.05) is 0 Å². The Morgan fingerprint density at radius 3 is 2.53 bits per heavy atom. The Morgan fingerprint density at radius 2 is 1.89 bits per heavy atom. The van der Waals surface area contributed by atoms with Crippen LogP contribution in [-0.2, 0) is 0 Å². The van der Waals surface area contributed by atoms with Crippen LogP contribution in [0.5, 0.6) is 0 Å². The molecule has 2 rings (SSSR count). The van der Waals surface area contributed by atoms with Crippen LogP contribution >= 0.6 is 23.4 Å². The molecule has 2 aromatic carbocycles. The van der Waals surface area contributed by atoms with Crippen molar-refractivity contribution in [3.8, 4) is 0 Å². The van der Waals surface area contributed by atoms with Gasteiger partial charge in [0.1, 0.15) is 0 Å². The molecule has 0 spiro atoms. The van der Waals surface area contributed by atoms with Crippen LogP contribution < -0.4 is 0 Å². The van der Waals surface area contributed by atoms with Crippen LogP contribution in [0.2, 0.25) is 5.02 Å². The molecule has 2 aromatic rings. The molecule has 0 aromatic heterocycles. The smallest absolute Gasteiger partial charge is 0.336 e. The summed E-state index contributed by atoms with van der Waals surface area (Å²) in [4.78, 5) is 11.9. The van der Waals surface area contributed by atoms with Crippen molar-refractivity contribution >= 4 is 29.3 Å². The van der Waals surface area contributed by atoms with Gasteiger partial charge >= 0.3 is 5.97 Å². The van der Waals surface area contributed by atoms with Crippen LogP contribution in [0, 0.1) is 0 Å². The molecule has 1 unspecified atom stereocenters. The number of thioether (sulfide) groups is 1. The van der Waals surface area contributed by atoms with E-state index < -0.39 is 5.97 Å². The Morgan fingerprint density at radius 1 is 1.21 bits per heavy atom. The summed E-state index contributed by atoms with van der Waals surface area (Å²) in [7, 11) is 0. The number of carboxylic acids is 1. The molecule has 0 amide bonds. The number of halogens is 1. The van der Waals surface area contributed by atoms with E-state index in [-0.39, 0.29) is 10.8 Å². The summed E-state index contributed by atoms with van der Waals surface area (Å²) in [6, 6.07) is 15.0. The Bertz CT molecular complexity index is 584. The van der Waals surface area contributed by atoms with Gasteiger partial charge in [-0.25, -0.2) is 4.79 Å². The van der Waals surface area contributed by atoms with Crippen molar-refractivity contribution in [1.29, 1.82) is 0 Å². The van der Waals surface area contributed by atoms with Gasteiger partial charge in [0.05, 0.1) is 5.56 Å². The van der Waals surface area contributed by atoms with Crippen LogP contribution in [0.1, 0.15) is 28.1 Å². The predicted octanol–water partition coefficient (Wildman–Crippen LogP) is 4.89. The molecule has 0 heterocycles. The maximum absolute atomic E-state index is 11.2. The highest BCUT2D eigenvalue weighted by atomic mass is 35.5. The first-order valence-corrected chi connectivity index (χ1v) is 7.08. The fourth-order valence-electron chi connectivity index (χ4n) is 1.75. The molecular formula is C15H13ClO2S. The molecule has 0 fully saturated rings. The predicted molar refractivity (Wildman–Crippen MR) is 79.1 cm³/mol. The average molecular weight is 293 g/mol. The molecule has 0 radical (unpaired) electrons. The summed E-state index contributed by atoms with van der Waals surface area (Å²) in [6.45, 7) is 2.06. The second kappa shape index (κ2) is 6.13. The molecule has 0 aliphatic rings. The van der Waals surface area contributed by atoms with Crippen LogP contribution in [-0.4, -0.2) is 11.1 Å². The maximum Gasteiger partial charge on any atom is 0.336 e. The standard InChI is InChI=1S/C15H13ClO2S/c1-10(11-5-3-2-4-6-11)19-14-8-7-12(16)9-13(14)15(17)18/h2-10H,1H3,(H,17,18). The lowest BCUT2D eigenvalue weighted by molar-refractivity contribution is 0.0693. The van der Waals surface area contributed by atoms with Gasteiger partial charge in [0.25, 0.3) is 0 Å². The highest BCUT2D eigenvalue weighted by Crippen LogP contribution is 2.37. The minimum Gasteiger partial charge on any atom is -0.478 e. The first-order valence-electron chi connectivity index (χ1n) is 5.82. The van der Waals surface area contributed by atoms with Crippen molar-refractivity contribution < 1.29 is 9.90 Å². The molecule has 0 saturated heterocycles. The van der Waals surface area contributed by atoms with Gasteiger partial charge in [0, 0.05) is 15.2 Å². The van der Waals surface area contributed by atoms with Gasteiger partial charge in [0.2, 0.25) is 0 Å². The molecule has 1 atom stereocenters. The minimum atomic E-state index is -0.953. The van der Waals surface area contributed by atoms with E-state index in [0.29, 0.717) is 5.02 Å². The van der Waals surface area contributed by atoms with Gasteiger partial charge in [-0.3, -0.25) is 0 Å². The lowest BCUT2D eigenvalue weighted by Gasteiger charge is -2.13. The van der Waals surface area contributed by atoms with Gasteiger partial charge < -0.3 is 5.11 Å². The second-order valence-corrected chi connectivity index (χ2v) is 5.94. The van der Waals surface area contributed by atoms with Crippen molar-refractivity contribution in [3.63, 3.8) is 0 Å². The molecule has 0 aliphatic heterocycles. The number of hydrogen-bond donors (Lipinski definition) is 1. The van der Waals surface area contributed by atoms with Crippen LogP contribution in [0.3, 0.4) is 0 Å². The lowest BCUT2D eigenvalue weighted by Crippen LogP contribution is -1.99. The van der Waals surface area contributed by atoms with E-state index in [1.54, 1.807) is 12.1 Å². The second-order valence-electron chi connectivity index (χ2n) is 4.12. The van der Waals surface area contributed by atoms with Crippen molar-refractivity contribution in [2.24, 2.45) is 0 Å². The average Bonchev–Trinajstić information content (AvgIpc) is 2.41. The SMILES string of the molecule is CC(Sc1ccc(Cl)cc1C(=O)O)c1ccccc1. The van der Waals surface area contributed by atoms with Gasteiger partial charge in [-0.15, -0.1) is 11.8 Å². The number of rotatable bonds is 4. The van der Waals surface area contributed by atoms with E-state index in [1.165, 1.54) is 23.4 Å². The molecule has 1 N–H and O–H groups in total. The maximum atomic E-state index is 11.2. The Hall–Kier alpha value is -1.45. The number of carboxylic acid groups (broad SMARTS) is 1. The van der Waals surface area contributed by atoms with Crippen LogP contribution in [0.4, 0.5) is 0 Å². The third-order valence-electron chi connectivity index (χ3n) is 2.74. The summed E-state index contributed by atoms with van der Waals surface area (Å²) in [5.41, 5.74) is 1.42. The van der Waals surface area contributed by atoms with E-state index in [1.807, 2.05) is 30.3 Å². The molecule has 0 aliphatic carbocycles. The summed E-state index contributed by atoms with van der Waals surface area (Å²) >= 11 is 7.36. The number of hydrogen-bond acceptors (Lipinski definition) is 2. The van der Waals surface area contributed by atoms with E-state index in [9.17, 15) is 9.90 Å². The summed E-state index contributed by atoms with van der Waals surface area (Å²) in [5.74, 6) is -0.953. The van der Waals surface area contributed by atoms with E-state index >= 15 is 0 Å². The van der Waals surface area contributed by atoms with Gasteiger partial charge in [-0.2, -0.15) is 0 Å². The summed E-state index contributed by atoms with van der Waals surface area (Å²) in [6.07, 6.45) is 0. The fourth-order valence-corrected chi connectivity index (χ4v) is 3.02. The number of carbonyl (C=O) groups is 1. The number of aromatic carboxylic acids is 1.